The second-order valence-electron chi connectivity index (χ2n) is 0.141. The van der Waals surface area contributed by atoms with Crippen molar-refractivity contribution in [2.75, 3.05) is 21.0 Å². The van der Waals surface area contributed by atoms with Crippen molar-refractivity contribution in [1.29, 1.82) is 0 Å². The summed E-state index contributed by atoms with van der Waals surface area (Å²) in [4.78, 5) is 0. The number of aliphatic hydroxyl groups is 4. The summed E-state index contributed by atoms with van der Waals surface area (Å²) in [6.07, 6.45) is 0. The second-order valence-corrected chi connectivity index (χ2v) is 0.141. The minimum atomic E-state index is -0.750. The van der Waals surface area contributed by atoms with Gasteiger partial charge in [-0.1, -0.05) is 0 Å². The third-order valence-corrected chi connectivity index (χ3v) is 0. The van der Waals surface area contributed by atoms with E-state index in [2.05, 4.69) is 0 Å². The molecule has 0 atom stereocenters. The van der Waals surface area contributed by atoms with Gasteiger partial charge >= 0.3 is 0 Å². The molecule has 0 bridgehead atoms. The molecule has 4 N–H and O–H groups in total. The van der Waals surface area contributed by atoms with Gasteiger partial charge in [0.15, 0.2) is 0 Å². The number of rotatable bonds is 0. The van der Waals surface area contributed by atoms with Crippen LogP contribution in [0.1, 0.15) is 0 Å². The molecule has 0 spiro atoms. The van der Waals surface area contributed by atoms with Gasteiger partial charge in [0.1, 0.15) is 6.79 Å². The van der Waals surface area contributed by atoms with Crippen molar-refractivity contribution in [1.82, 2.24) is 0 Å². The minimum Gasteiger partial charge on any atom is -0.400 e. The first-order valence-corrected chi connectivity index (χ1v) is 1.53. The van der Waals surface area contributed by atoms with Crippen LogP contribution in [0.2, 0.25) is 0 Å². The van der Waals surface area contributed by atoms with Crippen molar-refractivity contribution >= 4 is 0 Å². The summed E-state index contributed by atoms with van der Waals surface area (Å²) in [6, 6.07) is 0. The Balaban J connectivity index is -0.00000000825. The molecule has 9 heavy (non-hydrogen) atoms. The van der Waals surface area contributed by atoms with E-state index in [1.165, 1.54) is 0 Å². The van der Waals surface area contributed by atoms with Crippen LogP contribution in [0.4, 0.5) is 0 Å². The minimum absolute atomic E-state index is 0. The maximum absolute atomic E-state index is 7.12. The Morgan fingerprint density at radius 2 is 0.778 bits per heavy atom. The molecular formula is C3H12O4Y2. The van der Waals surface area contributed by atoms with E-state index in [-0.39, 0.29) is 65.4 Å². The van der Waals surface area contributed by atoms with Crippen LogP contribution in [0, 0.1) is 0 Å². The molecule has 0 aromatic heterocycles. The fourth-order valence-electron chi connectivity index (χ4n) is 0. The van der Waals surface area contributed by atoms with Crippen LogP contribution in [0.3, 0.4) is 0 Å². The van der Waals surface area contributed by atoms with E-state index in [1.54, 1.807) is 0 Å². The molecule has 2 radical (unpaired) electrons. The quantitative estimate of drug-likeness (QED) is 0.394. The maximum atomic E-state index is 7.12. The summed E-state index contributed by atoms with van der Waals surface area (Å²) >= 11 is 0. The van der Waals surface area contributed by atoms with Crippen molar-refractivity contribution in [3.8, 4) is 0 Å². The molecule has 0 aliphatic rings. The molecule has 0 rings (SSSR count). The fraction of sp³-hybridized carbons (Fsp3) is 1.00. The molecule has 0 heterocycles. The summed E-state index contributed by atoms with van der Waals surface area (Å²) in [5.41, 5.74) is 0. The molecule has 0 amide bonds. The SMILES string of the molecule is CO.CO.OCO.[Y].[Y]. The Hall–Kier alpha value is 2.05. The first-order valence-electron chi connectivity index (χ1n) is 1.53. The van der Waals surface area contributed by atoms with Gasteiger partial charge in [0.2, 0.25) is 0 Å². The molecule has 0 aromatic rings. The topological polar surface area (TPSA) is 80.9 Å². The van der Waals surface area contributed by atoms with E-state index in [1.807, 2.05) is 0 Å². The van der Waals surface area contributed by atoms with Crippen molar-refractivity contribution in [3.05, 3.63) is 0 Å². The van der Waals surface area contributed by atoms with Gasteiger partial charge in [-0.2, -0.15) is 0 Å². The van der Waals surface area contributed by atoms with Crippen LogP contribution in [0.25, 0.3) is 0 Å². The largest absolute Gasteiger partial charge is 0.400 e. The number of hydrogen-bond donors (Lipinski definition) is 4. The zero-order valence-corrected chi connectivity index (χ0v) is 11.3. The molecule has 6 heteroatoms. The normalized spacial score (nSPS) is 3.33. The molecule has 0 aliphatic heterocycles. The van der Waals surface area contributed by atoms with Gasteiger partial charge in [0.05, 0.1) is 0 Å². The Bertz CT molecular complexity index is 13.8. The molecule has 0 aromatic carbocycles. The van der Waals surface area contributed by atoms with Gasteiger partial charge in [0, 0.05) is 79.6 Å². The first-order chi connectivity index (χ1) is 3.41. The van der Waals surface area contributed by atoms with Gasteiger partial charge < -0.3 is 20.4 Å². The van der Waals surface area contributed by atoms with Crippen molar-refractivity contribution < 1.29 is 85.8 Å². The predicted octanol–water partition coefficient (Wildman–Crippen LogP) is -1.86. The summed E-state index contributed by atoms with van der Waals surface area (Å²) in [5, 5.41) is 28.2. The van der Waals surface area contributed by atoms with Crippen LogP contribution < -0.4 is 0 Å². The zero-order valence-electron chi connectivity index (χ0n) is 5.65. The number of aliphatic hydroxyl groups excluding tert-OH is 3. The zero-order chi connectivity index (χ0) is 6.71. The molecule has 0 saturated heterocycles. The Labute approximate surface area is 105 Å². The van der Waals surface area contributed by atoms with Crippen LogP contribution in [-0.2, 0) is 65.4 Å². The van der Waals surface area contributed by atoms with Crippen LogP contribution in [0.5, 0.6) is 0 Å². The van der Waals surface area contributed by atoms with E-state index < -0.39 is 6.79 Å². The fourth-order valence-corrected chi connectivity index (χ4v) is 0. The van der Waals surface area contributed by atoms with Gasteiger partial charge in [0.25, 0.3) is 0 Å². The third-order valence-electron chi connectivity index (χ3n) is 0. The van der Waals surface area contributed by atoms with Crippen molar-refractivity contribution in [2.45, 2.75) is 0 Å². The number of hydrogen-bond acceptors (Lipinski definition) is 4. The average Bonchev–Trinajstić information content (AvgIpc) is 1.78. The Morgan fingerprint density at radius 3 is 0.778 bits per heavy atom. The van der Waals surface area contributed by atoms with Crippen LogP contribution in [0.15, 0.2) is 0 Å². The summed E-state index contributed by atoms with van der Waals surface area (Å²) in [6.45, 7) is -0.750. The van der Waals surface area contributed by atoms with E-state index >= 15 is 0 Å². The van der Waals surface area contributed by atoms with Crippen molar-refractivity contribution in [2.24, 2.45) is 0 Å². The molecule has 0 unspecified atom stereocenters. The predicted molar refractivity (Wildman–Crippen MR) is 25.6 cm³/mol. The molecular weight excluding hydrogens is 278 g/mol. The van der Waals surface area contributed by atoms with Crippen molar-refractivity contribution in [3.63, 3.8) is 0 Å². The third kappa shape index (κ3) is 155. The first kappa shape index (κ1) is 30.5. The summed E-state index contributed by atoms with van der Waals surface area (Å²) in [7, 11) is 2.00. The molecule has 0 aliphatic carbocycles. The maximum Gasteiger partial charge on any atom is 0.140 e. The van der Waals surface area contributed by atoms with Crippen LogP contribution >= 0.6 is 0 Å². The molecule has 4 nitrogen and oxygen atoms in total. The molecule has 0 saturated carbocycles. The summed E-state index contributed by atoms with van der Waals surface area (Å²) in [5.74, 6) is 0. The Morgan fingerprint density at radius 1 is 0.778 bits per heavy atom. The second kappa shape index (κ2) is 88.5. The van der Waals surface area contributed by atoms with E-state index in [4.69, 9.17) is 20.4 Å². The Kier molecular flexibility index (Phi) is 300. The van der Waals surface area contributed by atoms with Gasteiger partial charge in [-0.25, -0.2) is 0 Å². The molecule has 0 fully saturated rings. The van der Waals surface area contributed by atoms with E-state index in [0.717, 1.165) is 14.2 Å². The smallest absolute Gasteiger partial charge is 0.140 e. The average molecular weight is 290 g/mol. The van der Waals surface area contributed by atoms with Gasteiger partial charge in [-0.3, -0.25) is 0 Å². The van der Waals surface area contributed by atoms with E-state index in [0.29, 0.717) is 0 Å². The standard InChI is InChI=1S/CH4O2.2CH4O.2Y/c2-1-3;2*1-2;;/h2-3H,1H2;2*2H,1H3;;. The summed E-state index contributed by atoms with van der Waals surface area (Å²) < 4.78 is 0. The monoisotopic (exact) mass is 290 g/mol. The van der Waals surface area contributed by atoms with Gasteiger partial charge in [-0.15, -0.1) is 0 Å². The van der Waals surface area contributed by atoms with Gasteiger partial charge in [-0.05, 0) is 0 Å². The van der Waals surface area contributed by atoms with Crippen LogP contribution in [-0.4, -0.2) is 41.4 Å². The van der Waals surface area contributed by atoms with E-state index in [9.17, 15) is 0 Å². The molecule has 54 valence electrons.